The minimum atomic E-state index is -0.216. The summed E-state index contributed by atoms with van der Waals surface area (Å²) in [5, 5.41) is 10.6. The van der Waals surface area contributed by atoms with Crippen molar-refractivity contribution in [3.8, 4) is 0 Å². The first-order valence-corrected chi connectivity index (χ1v) is 10.5. The number of hydrogen-bond donors (Lipinski definition) is 0. The van der Waals surface area contributed by atoms with Crippen LogP contribution in [-0.4, -0.2) is 60.4 Å². The summed E-state index contributed by atoms with van der Waals surface area (Å²) in [4.78, 5) is 11.4. The van der Waals surface area contributed by atoms with Crippen LogP contribution in [0.1, 0.15) is 16.1 Å². The second kappa shape index (κ2) is 8.84. The molecular weight excluding hydrogens is 387 g/mol. The van der Waals surface area contributed by atoms with Crippen LogP contribution in [0, 0.1) is 5.82 Å². The predicted octanol–water partition coefficient (Wildman–Crippen LogP) is 3.05. The van der Waals surface area contributed by atoms with Crippen molar-refractivity contribution < 1.29 is 4.39 Å². The maximum Gasteiger partial charge on any atom is 0.208 e. The second-order valence-electron chi connectivity index (χ2n) is 7.52. The highest BCUT2D eigenvalue weighted by Gasteiger charge is 2.21. The Morgan fingerprint density at radius 1 is 0.931 bits per heavy atom. The number of anilines is 2. The molecule has 0 saturated carbocycles. The summed E-state index contributed by atoms with van der Waals surface area (Å²) in [7, 11) is 4.12. The van der Waals surface area contributed by atoms with Crippen molar-refractivity contribution in [3.05, 3.63) is 64.5 Å². The molecule has 0 N–H and O–H groups in total. The molecule has 29 heavy (non-hydrogen) atoms. The Kier molecular flexibility index (Phi) is 6.01. The standard InChI is InChI=1S/C21H25FN6S/c1-26(2)15-17-5-8-19(23-14-17)27-9-11-28(12-10-27)21-25-24-20(29-21)13-16-3-6-18(22)7-4-16/h3-8,14H,9-13,15H2,1-2H3. The van der Waals surface area contributed by atoms with E-state index in [1.807, 2.05) is 6.20 Å². The molecule has 0 radical (unpaired) electrons. The van der Waals surface area contributed by atoms with Gasteiger partial charge in [0.2, 0.25) is 5.13 Å². The van der Waals surface area contributed by atoms with E-state index >= 15 is 0 Å². The molecule has 0 aliphatic carbocycles. The molecule has 152 valence electrons. The third kappa shape index (κ3) is 5.07. The summed E-state index contributed by atoms with van der Waals surface area (Å²) in [6.07, 6.45) is 2.65. The van der Waals surface area contributed by atoms with E-state index in [9.17, 15) is 4.39 Å². The van der Waals surface area contributed by atoms with Crippen LogP contribution in [0.15, 0.2) is 42.6 Å². The average Bonchev–Trinajstić information content (AvgIpc) is 3.19. The van der Waals surface area contributed by atoms with Gasteiger partial charge in [0.25, 0.3) is 0 Å². The van der Waals surface area contributed by atoms with Crippen LogP contribution in [0.4, 0.5) is 15.3 Å². The Morgan fingerprint density at radius 3 is 2.28 bits per heavy atom. The molecule has 0 spiro atoms. The Bertz CT molecular complexity index is 917. The van der Waals surface area contributed by atoms with E-state index in [1.165, 1.54) is 17.7 Å². The SMILES string of the molecule is CN(C)Cc1ccc(N2CCN(c3nnc(Cc4ccc(F)cc4)s3)CC2)nc1. The third-order valence-corrected chi connectivity index (χ3v) is 5.89. The molecule has 0 amide bonds. The van der Waals surface area contributed by atoms with Crippen molar-refractivity contribution in [1.82, 2.24) is 20.1 Å². The summed E-state index contributed by atoms with van der Waals surface area (Å²) in [6, 6.07) is 10.8. The fourth-order valence-electron chi connectivity index (χ4n) is 3.41. The Hall–Kier alpha value is -2.58. The van der Waals surface area contributed by atoms with Crippen molar-refractivity contribution in [1.29, 1.82) is 0 Å². The molecule has 3 aromatic rings. The number of nitrogens with zero attached hydrogens (tertiary/aromatic N) is 6. The van der Waals surface area contributed by atoms with Crippen molar-refractivity contribution in [2.75, 3.05) is 50.1 Å². The average molecular weight is 413 g/mol. The maximum absolute atomic E-state index is 13.1. The zero-order valence-corrected chi connectivity index (χ0v) is 17.6. The second-order valence-corrected chi connectivity index (χ2v) is 8.56. The van der Waals surface area contributed by atoms with Crippen molar-refractivity contribution >= 4 is 22.3 Å². The number of rotatable bonds is 6. The maximum atomic E-state index is 13.1. The van der Waals surface area contributed by atoms with Gasteiger partial charge in [-0.3, -0.25) is 0 Å². The smallest absolute Gasteiger partial charge is 0.208 e. The quantitative estimate of drug-likeness (QED) is 0.620. The van der Waals surface area contributed by atoms with Crippen LogP contribution < -0.4 is 9.80 Å². The van der Waals surface area contributed by atoms with Gasteiger partial charge in [0, 0.05) is 45.3 Å². The van der Waals surface area contributed by atoms with Gasteiger partial charge in [-0.25, -0.2) is 9.37 Å². The van der Waals surface area contributed by atoms with Gasteiger partial charge in [-0.1, -0.05) is 29.5 Å². The molecule has 1 aliphatic heterocycles. The predicted molar refractivity (Wildman–Crippen MR) is 115 cm³/mol. The van der Waals surface area contributed by atoms with Gasteiger partial charge in [-0.05, 0) is 43.4 Å². The van der Waals surface area contributed by atoms with E-state index < -0.39 is 0 Å². The number of halogens is 1. The molecule has 0 unspecified atom stereocenters. The molecule has 1 saturated heterocycles. The number of pyridine rings is 1. The van der Waals surface area contributed by atoms with Crippen LogP contribution in [0.3, 0.4) is 0 Å². The topological polar surface area (TPSA) is 48.4 Å². The van der Waals surface area contributed by atoms with Gasteiger partial charge < -0.3 is 14.7 Å². The molecule has 3 heterocycles. The zero-order valence-electron chi connectivity index (χ0n) is 16.8. The number of benzene rings is 1. The summed E-state index contributed by atoms with van der Waals surface area (Å²) >= 11 is 1.61. The van der Waals surface area contributed by atoms with Gasteiger partial charge in [-0.15, -0.1) is 10.2 Å². The molecule has 1 aromatic carbocycles. The lowest BCUT2D eigenvalue weighted by molar-refractivity contribution is 0.402. The van der Waals surface area contributed by atoms with Gasteiger partial charge >= 0.3 is 0 Å². The van der Waals surface area contributed by atoms with E-state index in [-0.39, 0.29) is 5.82 Å². The largest absolute Gasteiger partial charge is 0.353 e. The first kappa shape index (κ1) is 19.7. The highest BCUT2D eigenvalue weighted by atomic mass is 32.1. The Labute approximate surface area is 174 Å². The fraction of sp³-hybridized carbons (Fsp3) is 0.381. The third-order valence-electron chi connectivity index (χ3n) is 4.91. The van der Waals surface area contributed by atoms with Gasteiger partial charge in [0.15, 0.2) is 0 Å². The van der Waals surface area contributed by atoms with Crippen LogP contribution in [0.2, 0.25) is 0 Å². The normalized spacial score (nSPS) is 14.6. The first-order valence-electron chi connectivity index (χ1n) is 9.73. The first-order chi connectivity index (χ1) is 14.1. The molecule has 8 heteroatoms. The van der Waals surface area contributed by atoms with Gasteiger partial charge in [0.1, 0.15) is 16.6 Å². The van der Waals surface area contributed by atoms with Crippen LogP contribution in [0.25, 0.3) is 0 Å². The summed E-state index contributed by atoms with van der Waals surface area (Å²) < 4.78 is 13.1. The van der Waals surface area contributed by atoms with Gasteiger partial charge in [0.05, 0.1) is 0 Å². The lowest BCUT2D eigenvalue weighted by Crippen LogP contribution is -2.46. The lowest BCUT2D eigenvalue weighted by Gasteiger charge is -2.35. The zero-order chi connectivity index (χ0) is 20.2. The highest BCUT2D eigenvalue weighted by Crippen LogP contribution is 2.24. The number of hydrogen-bond acceptors (Lipinski definition) is 7. The monoisotopic (exact) mass is 412 g/mol. The van der Waals surface area contributed by atoms with E-state index in [0.717, 1.165) is 54.2 Å². The molecular formula is C21H25FN6S. The lowest BCUT2D eigenvalue weighted by atomic mass is 10.2. The molecule has 0 bridgehead atoms. The van der Waals surface area contributed by atoms with E-state index in [2.05, 4.69) is 56.1 Å². The minimum Gasteiger partial charge on any atom is -0.353 e. The van der Waals surface area contributed by atoms with Crippen LogP contribution in [0.5, 0.6) is 0 Å². The fourth-order valence-corrected chi connectivity index (χ4v) is 4.33. The molecule has 6 nitrogen and oxygen atoms in total. The molecule has 4 rings (SSSR count). The van der Waals surface area contributed by atoms with Gasteiger partial charge in [-0.2, -0.15) is 0 Å². The van der Waals surface area contributed by atoms with E-state index in [4.69, 9.17) is 0 Å². The van der Waals surface area contributed by atoms with Crippen molar-refractivity contribution in [3.63, 3.8) is 0 Å². The Morgan fingerprint density at radius 2 is 1.62 bits per heavy atom. The summed E-state index contributed by atoms with van der Waals surface area (Å²) in [6.45, 7) is 4.51. The number of aromatic nitrogens is 3. The molecule has 2 aromatic heterocycles. The highest BCUT2D eigenvalue weighted by molar-refractivity contribution is 7.15. The van der Waals surface area contributed by atoms with E-state index in [0.29, 0.717) is 6.42 Å². The van der Waals surface area contributed by atoms with Crippen LogP contribution in [-0.2, 0) is 13.0 Å². The minimum absolute atomic E-state index is 0.216. The van der Waals surface area contributed by atoms with Crippen LogP contribution >= 0.6 is 11.3 Å². The summed E-state index contributed by atoms with van der Waals surface area (Å²) in [5.74, 6) is 0.813. The van der Waals surface area contributed by atoms with Crippen molar-refractivity contribution in [2.45, 2.75) is 13.0 Å². The molecule has 0 atom stereocenters. The molecule has 1 aliphatic rings. The summed E-state index contributed by atoms with van der Waals surface area (Å²) in [5.41, 5.74) is 2.27. The van der Waals surface area contributed by atoms with E-state index in [1.54, 1.807) is 23.5 Å². The Balaban J connectivity index is 1.32. The number of piperazine rings is 1. The molecule has 1 fully saturated rings. The van der Waals surface area contributed by atoms with Crippen molar-refractivity contribution in [2.24, 2.45) is 0 Å².